The molecule has 4 rings (SSSR count). The Morgan fingerprint density at radius 3 is 2.57 bits per heavy atom. The van der Waals surface area contributed by atoms with Gasteiger partial charge >= 0.3 is 5.97 Å². The minimum atomic E-state index is -0.427. The first-order chi connectivity index (χ1) is 14.5. The van der Waals surface area contributed by atoms with Crippen LogP contribution in [0.25, 0.3) is 21.3 Å². The summed E-state index contributed by atoms with van der Waals surface area (Å²) in [4.78, 5) is 29.0. The van der Waals surface area contributed by atoms with E-state index in [0.717, 1.165) is 31.9 Å². The molecule has 0 saturated carbocycles. The van der Waals surface area contributed by atoms with Crippen LogP contribution in [0.5, 0.6) is 0 Å². The van der Waals surface area contributed by atoms with Crippen LogP contribution in [0, 0.1) is 6.92 Å². The molecule has 4 aromatic rings. The van der Waals surface area contributed by atoms with Crippen LogP contribution in [0.3, 0.4) is 0 Å². The van der Waals surface area contributed by atoms with Gasteiger partial charge in [-0.3, -0.25) is 4.79 Å². The Morgan fingerprint density at radius 2 is 1.80 bits per heavy atom. The van der Waals surface area contributed by atoms with E-state index in [9.17, 15) is 9.59 Å². The molecule has 1 N–H and O–H groups in total. The Kier molecular flexibility index (Phi) is 5.59. The molecular weight excluding hydrogens is 396 g/mol. The van der Waals surface area contributed by atoms with Gasteiger partial charge in [0.05, 0.1) is 29.3 Å². The van der Waals surface area contributed by atoms with Gasteiger partial charge < -0.3 is 10.1 Å². The van der Waals surface area contributed by atoms with Crippen molar-refractivity contribution in [3.63, 3.8) is 0 Å². The molecule has 0 spiro atoms. The summed E-state index contributed by atoms with van der Waals surface area (Å²) in [6.07, 6.45) is 0.168. The number of nitrogens with zero attached hydrogens (tertiary/aromatic N) is 1. The Morgan fingerprint density at radius 1 is 1.00 bits per heavy atom. The molecule has 0 aliphatic carbocycles. The molecule has 0 saturated heterocycles. The molecule has 0 aliphatic rings. The summed E-state index contributed by atoms with van der Waals surface area (Å²) in [7, 11) is 1.34. The normalized spacial score (nSPS) is 10.7. The molecule has 1 aromatic heterocycles. The molecule has 1 amide bonds. The second-order valence-electron chi connectivity index (χ2n) is 6.90. The third kappa shape index (κ3) is 4.23. The zero-order valence-electron chi connectivity index (χ0n) is 16.6. The van der Waals surface area contributed by atoms with Crippen molar-refractivity contribution in [3.8, 4) is 11.1 Å². The van der Waals surface area contributed by atoms with Crippen molar-refractivity contribution in [3.05, 3.63) is 82.9 Å². The number of hydrogen-bond acceptors (Lipinski definition) is 5. The molecule has 30 heavy (non-hydrogen) atoms. The highest BCUT2D eigenvalue weighted by atomic mass is 32.1. The Balaban J connectivity index is 1.50. The quantitative estimate of drug-likeness (QED) is 0.452. The number of anilines is 1. The van der Waals surface area contributed by atoms with E-state index >= 15 is 0 Å². The second kappa shape index (κ2) is 8.47. The largest absolute Gasteiger partial charge is 0.465 e. The van der Waals surface area contributed by atoms with Gasteiger partial charge in [-0.25, -0.2) is 9.78 Å². The van der Waals surface area contributed by atoms with Crippen molar-refractivity contribution in [2.45, 2.75) is 13.3 Å². The van der Waals surface area contributed by atoms with Crippen molar-refractivity contribution in [1.82, 2.24) is 4.98 Å². The zero-order valence-corrected chi connectivity index (χ0v) is 17.5. The van der Waals surface area contributed by atoms with Crippen LogP contribution in [0.4, 0.5) is 5.69 Å². The summed E-state index contributed by atoms with van der Waals surface area (Å²) < 4.78 is 5.83. The van der Waals surface area contributed by atoms with Crippen molar-refractivity contribution in [2.24, 2.45) is 0 Å². The summed E-state index contributed by atoms with van der Waals surface area (Å²) in [6.45, 7) is 1.82. The number of amides is 1. The summed E-state index contributed by atoms with van der Waals surface area (Å²) >= 11 is 1.51. The topological polar surface area (TPSA) is 68.3 Å². The van der Waals surface area contributed by atoms with Gasteiger partial charge in [-0.15, -0.1) is 11.3 Å². The first kappa shape index (κ1) is 19.8. The minimum Gasteiger partial charge on any atom is -0.465 e. The van der Waals surface area contributed by atoms with Crippen LogP contribution in [0.15, 0.2) is 66.7 Å². The second-order valence-corrected chi connectivity index (χ2v) is 8.02. The van der Waals surface area contributed by atoms with Crippen LogP contribution >= 0.6 is 11.3 Å². The summed E-state index contributed by atoms with van der Waals surface area (Å²) in [5, 5.41) is 3.58. The lowest BCUT2D eigenvalue weighted by Gasteiger charge is -2.08. The zero-order chi connectivity index (χ0) is 21.1. The molecule has 5 nitrogen and oxygen atoms in total. The van der Waals surface area contributed by atoms with E-state index in [2.05, 4.69) is 28.5 Å². The molecule has 0 unspecified atom stereocenters. The predicted octanol–water partition coefficient (Wildman–Crippen LogP) is 5.24. The fraction of sp³-hybridized carbons (Fsp3) is 0.125. The summed E-state index contributed by atoms with van der Waals surface area (Å²) in [5.74, 6) is -0.610. The third-order valence-corrected chi connectivity index (χ3v) is 5.80. The maximum absolute atomic E-state index is 12.5. The highest BCUT2D eigenvalue weighted by Crippen LogP contribution is 2.28. The molecule has 0 aliphatic heterocycles. The summed E-state index contributed by atoms with van der Waals surface area (Å²) in [5.41, 5.74) is 4.93. The molecule has 0 atom stereocenters. The maximum Gasteiger partial charge on any atom is 0.338 e. The lowest BCUT2D eigenvalue weighted by atomic mass is 10.1. The number of methoxy groups -OCH3 is 1. The van der Waals surface area contributed by atoms with E-state index in [0.29, 0.717) is 11.3 Å². The van der Waals surface area contributed by atoms with E-state index in [-0.39, 0.29) is 12.3 Å². The number of nitrogens with one attached hydrogen (secondary N) is 1. The molecule has 0 radical (unpaired) electrons. The molecule has 3 aromatic carbocycles. The van der Waals surface area contributed by atoms with Crippen LogP contribution in [-0.2, 0) is 16.0 Å². The molecule has 6 heteroatoms. The number of aryl methyl sites for hydroxylation is 1. The summed E-state index contributed by atoms with van der Waals surface area (Å²) in [6, 6.07) is 21.5. The standard InChI is InChI=1S/C24H20N2O3S/c1-15-8-10-18(13-19(15)24(28)29-2)25-22(27)14-23-26-20-11-9-17(12-21(20)30-23)16-6-4-3-5-7-16/h3-13H,14H2,1-2H3,(H,25,27). The first-order valence-corrected chi connectivity index (χ1v) is 10.3. The van der Waals surface area contributed by atoms with Gasteiger partial charge in [0.25, 0.3) is 0 Å². The number of ether oxygens (including phenoxy) is 1. The molecule has 150 valence electrons. The highest BCUT2D eigenvalue weighted by molar-refractivity contribution is 7.18. The first-order valence-electron chi connectivity index (χ1n) is 9.47. The van der Waals surface area contributed by atoms with Crippen molar-refractivity contribution in [1.29, 1.82) is 0 Å². The van der Waals surface area contributed by atoms with Crippen LogP contribution in [0.2, 0.25) is 0 Å². The SMILES string of the molecule is COC(=O)c1cc(NC(=O)Cc2nc3ccc(-c4ccccc4)cc3s2)ccc1C. The van der Waals surface area contributed by atoms with E-state index in [1.54, 1.807) is 18.2 Å². The van der Waals surface area contributed by atoms with E-state index in [1.165, 1.54) is 18.4 Å². The van der Waals surface area contributed by atoms with Gasteiger partial charge in [-0.2, -0.15) is 0 Å². The maximum atomic E-state index is 12.5. The van der Waals surface area contributed by atoms with E-state index in [1.807, 2.05) is 37.3 Å². The van der Waals surface area contributed by atoms with Gasteiger partial charge in [-0.05, 0) is 47.9 Å². The van der Waals surface area contributed by atoms with Crippen LogP contribution < -0.4 is 5.32 Å². The van der Waals surface area contributed by atoms with Crippen molar-refractivity contribution in [2.75, 3.05) is 12.4 Å². The average Bonchev–Trinajstić information content (AvgIpc) is 3.16. The smallest absolute Gasteiger partial charge is 0.338 e. The molecule has 0 fully saturated rings. The number of hydrogen-bond donors (Lipinski definition) is 1. The lowest BCUT2D eigenvalue weighted by Crippen LogP contribution is -2.15. The number of benzene rings is 3. The number of esters is 1. The average molecular weight is 417 g/mol. The Bertz CT molecular complexity index is 1230. The highest BCUT2D eigenvalue weighted by Gasteiger charge is 2.13. The molecule has 0 bridgehead atoms. The van der Waals surface area contributed by atoms with Gasteiger partial charge in [0.1, 0.15) is 5.01 Å². The Hall–Kier alpha value is -3.51. The predicted molar refractivity (Wildman–Crippen MR) is 120 cm³/mol. The number of fused-ring (bicyclic) bond motifs is 1. The lowest BCUT2D eigenvalue weighted by molar-refractivity contribution is -0.115. The van der Waals surface area contributed by atoms with Gasteiger partial charge in [0.2, 0.25) is 5.91 Å². The minimum absolute atomic E-state index is 0.168. The number of thiazole rings is 1. The van der Waals surface area contributed by atoms with Crippen LogP contribution in [-0.4, -0.2) is 24.0 Å². The number of carbonyl (C=O) groups excluding carboxylic acids is 2. The number of rotatable bonds is 5. The van der Waals surface area contributed by atoms with Gasteiger partial charge in [-0.1, -0.05) is 42.5 Å². The number of carbonyl (C=O) groups is 2. The molecule has 1 heterocycles. The van der Waals surface area contributed by atoms with Crippen molar-refractivity contribution >= 4 is 39.1 Å². The van der Waals surface area contributed by atoms with Crippen LogP contribution in [0.1, 0.15) is 20.9 Å². The van der Waals surface area contributed by atoms with Crippen molar-refractivity contribution < 1.29 is 14.3 Å². The monoisotopic (exact) mass is 416 g/mol. The van der Waals surface area contributed by atoms with Gasteiger partial charge in [0.15, 0.2) is 0 Å². The Labute approximate surface area is 178 Å². The fourth-order valence-corrected chi connectivity index (χ4v) is 4.24. The fourth-order valence-electron chi connectivity index (χ4n) is 3.23. The number of aromatic nitrogens is 1. The molecular formula is C24H20N2O3S. The third-order valence-electron chi connectivity index (χ3n) is 4.78. The van der Waals surface area contributed by atoms with E-state index in [4.69, 9.17) is 4.74 Å². The van der Waals surface area contributed by atoms with E-state index < -0.39 is 5.97 Å². The van der Waals surface area contributed by atoms with Gasteiger partial charge in [0, 0.05) is 5.69 Å².